The molecule has 0 saturated heterocycles. The molecule has 130 valence electrons. The van der Waals surface area contributed by atoms with Gasteiger partial charge in [0, 0.05) is 23.7 Å². The Morgan fingerprint density at radius 2 is 2.16 bits per heavy atom. The Kier molecular flexibility index (Phi) is 5.86. The Morgan fingerprint density at radius 1 is 1.24 bits per heavy atom. The largest absolute Gasteiger partial charge is 0.346 e. The third-order valence-electron chi connectivity index (χ3n) is 3.54. The van der Waals surface area contributed by atoms with Crippen LogP contribution in [-0.2, 0) is 19.6 Å². The van der Waals surface area contributed by atoms with E-state index < -0.39 is 0 Å². The number of amides is 1. The van der Waals surface area contributed by atoms with Crippen LogP contribution in [0.2, 0.25) is 0 Å². The number of aryl methyl sites for hydroxylation is 1. The van der Waals surface area contributed by atoms with E-state index in [4.69, 9.17) is 0 Å². The van der Waals surface area contributed by atoms with Crippen molar-refractivity contribution in [2.45, 2.75) is 26.6 Å². The second kappa shape index (κ2) is 8.50. The number of hydrogen-bond donors (Lipinski definition) is 2. The predicted octanol–water partition coefficient (Wildman–Crippen LogP) is 1.76. The van der Waals surface area contributed by atoms with Gasteiger partial charge in [-0.3, -0.25) is 14.5 Å². The molecule has 0 saturated carbocycles. The lowest BCUT2D eigenvalue weighted by Crippen LogP contribution is -2.22. The van der Waals surface area contributed by atoms with E-state index in [0.29, 0.717) is 25.3 Å². The molecule has 2 N–H and O–H groups in total. The molecule has 25 heavy (non-hydrogen) atoms. The fourth-order valence-corrected chi connectivity index (χ4v) is 2.94. The molecule has 3 rings (SSSR count). The van der Waals surface area contributed by atoms with E-state index in [1.165, 1.54) is 0 Å². The molecule has 0 aliphatic heterocycles. The zero-order valence-electron chi connectivity index (χ0n) is 14.0. The van der Waals surface area contributed by atoms with Gasteiger partial charge in [0.25, 0.3) is 5.91 Å². The van der Waals surface area contributed by atoms with E-state index in [2.05, 4.69) is 25.9 Å². The first kappa shape index (κ1) is 17.2. The van der Waals surface area contributed by atoms with Gasteiger partial charge in [-0.1, -0.05) is 17.3 Å². The maximum Gasteiger partial charge on any atom is 0.273 e. The first-order valence-corrected chi connectivity index (χ1v) is 8.92. The number of aromatic nitrogens is 4. The molecule has 0 atom stereocenters. The van der Waals surface area contributed by atoms with Crippen LogP contribution in [0.15, 0.2) is 41.9 Å². The van der Waals surface area contributed by atoms with Crippen LogP contribution in [0.3, 0.4) is 0 Å². The van der Waals surface area contributed by atoms with Gasteiger partial charge >= 0.3 is 0 Å². The molecule has 0 spiro atoms. The molecule has 0 aliphatic rings. The third-order valence-corrected chi connectivity index (χ3v) is 4.42. The quantitative estimate of drug-likeness (QED) is 0.601. The number of nitrogens with zero attached hydrogens (tertiary/aromatic N) is 4. The van der Waals surface area contributed by atoms with Gasteiger partial charge in [-0.2, -0.15) is 0 Å². The highest BCUT2D eigenvalue weighted by Crippen LogP contribution is 2.07. The number of rotatable bonds is 8. The van der Waals surface area contributed by atoms with Gasteiger partial charge in [-0.25, -0.2) is 0 Å². The fourth-order valence-electron chi connectivity index (χ4n) is 2.29. The van der Waals surface area contributed by atoms with Crippen molar-refractivity contribution >= 4 is 17.2 Å². The van der Waals surface area contributed by atoms with Gasteiger partial charge in [-0.05, 0) is 30.5 Å². The van der Waals surface area contributed by atoms with Crippen LogP contribution in [0.5, 0.6) is 0 Å². The summed E-state index contributed by atoms with van der Waals surface area (Å²) in [6.45, 7) is 4.54. The number of pyridine rings is 1. The topological polar surface area (TPSA) is 84.7 Å². The van der Waals surface area contributed by atoms with Gasteiger partial charge in [-0.15, -0.1) is 16.4 Å². The lowest BCUT2D eigenvalue weighted by Gasteiger charge is -2.04. The molecule has 0 aliphatic carbocycles. The standard InChI is InChI=1S/C17H20N6OS/c1-13-4-2-5-14(20-13)10-18-7-8-23-12-16(21-22-23)17(24)19-11-15-6-3-9-25-15/h2-6,9,12,18H,7-8,10-11H2,1H3,(H,19,24). The van der Waals surface area contributed by atoms with E-state index in [9.17, 15) is 4.79 Å². The van der Waals surface area contributed by atoms with Crippen LogP contribution < -0.4 is 10.6 Å². The van der Waals surface area contributed by atoms with Crippen molar-refractivity contribution in [1.82, 2.24) is 30.6 Å². The van der Waals surface area contributed by atoms with Gasteiger partial charge in [0.05, 0.1) is 25.0 Å². The summed E-state index contributed by atoms with van der Waals surface area (Å²) in [5.41, 5.74) is 2.35. The van der Waals surface area contributed by atoms with Crippen LogP contribution in [0.1, 0.15) is 26.8 Å². The van der Waals surface area contributed by atoms with Crippen molar-refractivity contribution in [2.24, 2.45) is 0 Å². The van der Waals surface area contributed by atoms with Crippen LogP contribution in [-0.4, -0.2) is 32.4 Å². The molecule has 0 bridgehead atoms. The van der Waals surface area contributed by atoms with Crippen molar-refractivity contribution in [2.75, 3.05) is 6.54 Å². The lowest BCUT2D eigenvalue weighted by molar-refractivity contribution is 0.0946. The molecule has 0 radical (unpaired) electrons. The van der Waals surface area contributed by atoms with Crippen molar-refractivity contribution in [1.29, 1.82) is 0 Å². The Labute approximate surface area is 150 Å². The highest BCUT2D eigenvalue weighted by Gasteiger charge is 2.10. The van der Waals surface area contributed by atoms with Crippen molar-refractivity contribution < 1.29 is 4.79 Å². The number of carbonyl (C=O) groups excluding carboxylic acids is 1. The Bertz CT molecular complexity index is 814. The van der Waals surface area contributed by atoms with Gasteiger partial charge in [0.15, 0.2) is 5.69 Å². The molecule has 7 nitrogen and oxygen atoms in total. The lowest BCUT2D eigenvalue weighted by atomic mass is 10.3. The molecular weight excluding hydrogens is 336 g/mol. The summed E-state index contributed by atoms with van der Waals surface area (Å²) in [6, 6.07) is 9.91. The van der Waals surface area contributed by atoms with Crippen LogP contribution in [0, 0.1) is 6.92 Å². The smallest absolute Gasteiger partial charge is 0.273 e. The zero-order valence-corrected chi connectivity index (χ0v) is 14.8. The van der Waals surface area contributed by atoms with Crippen molar-refractivity contribution in [3.8, 4) is 0 Å². The van der Waals surface area contributed by atoms with Gasteiger partial charge in [0.1, 0.15) is 0 Å². The maximum atomic E-state index is 12.1. The summed E-state index contributed by atoms with van der Waals surface area (Å²) in [5.74, 6) is -0.212. The second-order valence-corrected chi connectivity index (χ2v) is 6.61. The highest BCUT2D eigenvalue weighted by atomic mass is 32.1. The molecule has 3 aromatic rings. The van der Waals surface area contributed by atoms with Crippen LogP contribution in [0.4, 0.5) is 0 Å². The Balaban J connectivity index is 1.41. The number of hydrogen-bond acceptors (Lipinski definition) is 6. The van der Waals surface area contributed by atoms with Gasteiger partial charge in [0.2, 0.25) is 0 Å². The maximum absolute atomic E-state index is 12.1. The highest BCUT2D eigenvalue weighted by molar-refractivity contribution is 7.09. The normalized spacial score (nSPS) is 10.8. The zero-order chi connectivity index (χ0) is 17.5. The SMILES string of the molecule is Cc1cccc(CNCCn2cc(C(=O)NCc3cccs3)nn2)n1. The minimum absolute atomic E-state index is 0.212. The third kappa shape index (κ3) is 5.20. The first-order valence-electron chi connectivity index (χ1n) is 8.04. The van der Waals surface area contributed by atoms with Crippen LogP contribution >= 0.6 is 11.3 Å². The molecule has 8 heteroatoms. The minimum Gasteiger partial charge on any atom is -0.346 e. The van der Waals surface area contributed by atoms with E-state index in [-0.39, 0.29) is 5.91 Å². The molecule has 1 amide bonds. The second-order valence-electron chi connectivity index (χ2n) is 5.58. The van der Waals surface area contributed by atoms with E-state index in [1.54, 1.807) is 22.2 Å². The molecule has 0 fully saturated rings. The average Bonchev–Trinajstić information content (AvgIpc) is 3.28. The number of nitrogens with one attached hydrogen (secondary N) is 2. The Morgan fingerprint density at radius 3 is 2.96 bits per heavy atom. The van der Waals surface area contributed by atoms with Gasteiger partial charge < -0.3 is 10.6 Å². The van der Waals surface area contributed by atoms with Crippen molar-refractivity contribution in [3.63, 3.8) is 0 Å². The van der Waals surface area contributed by atoms with Crippen molar-refractivity contribution in [3.05, 3.63) is 63.9 Å². The predicted molar refractivity (Wildman–Crippen MR) is 96.2 cm³/mol. The minimum atomic E-state index is -0.212. The summed E-state index contributed by atoms with van der Waals surface area (Å²) in [4.78, 5) is 17.6. The monoisotopic (exact) mass is 356 g/mol. The molecule has 0 aromatic carbocycles. The average molecular weight is 356 g/mol. The van der Waals surface area contributed by atoms with E-state index >= 15 is 0 Å². The first-order chi connectivity index (χ1) is 12.2. The summed E-state index contributed by atoms with van der Waals surface area (Å²) >= 11 is 1.61. The molecular formula is C17H20N6OS. The van der Waals surface area contributed by atoms with E-state index in [1.807, 2.05) is 42.6 Å². The Hall–Kier alpha value is -2.58. The summed E-state index contributed by atoms with van der Waals surface area (Å²) < 4.78 is 1.66. The summed E-state index contributed by atoms with van der Waals surface area (Å²) in [6.07, 6.45) is 1.66. The molecule has 0 unspecified atom stereocenters. The number of thiophene rings is 1. The summed E-state index contributed by atoms with van der Waals surface area (Å²) in [7, 11) is 0. The fraction of sp³-hybridized carbons (Fsp3) is 0.294. The molecule has 3 heterocycles. The van der Waals surface area contributed by atoms with E-state index in [0.717, 1.165) is 22.8 Å². The van der Waals surface area contributed by atoms with Crippen LogP contribution in [0.25, 0.3) is 0 Å². The molecule has 3 aromatic heterocycles. The number of carbonyl (C=O) groups is 1. The summed E-state index contributed by atoms with van der Waals surface area (Å²) in [5, 5.41) is 16.1.